The van der Waals surface area contributed by atoms with E-state index in [0.29, 0.717) is 12.6 Å². The van der Waals surface area contributed by atoms with Crippen LogP contribution >= 0.6 is 0 Å². The molecule has 2 atom stereocenters. The van der Waals surface area contributed by atoms with E-state index in [1.165, 1.54) is 0 Å². The summed E-state index contributed by atoms with van der Waals surface area (Å²) in [5.41, 5.74) is -0.118. The summed E-state index contributed by atoms with van der Waals surface area (Å²) in [7, 11) is 3.79. The molecule has 1 rings (SSSR count). The van der Waals surface area contributed by atoms with Crippen molar-refractivity contribution in [1.82, 2.24) is 10.2 Å². The van der Waals surface area contributed by atoms with E-state index < -0.39 is 0 Å². The summed E-state index contributed by atoms with van der Waals surface area (Å²) in [6.45, 7) is 4.80. The quantitative estimate of drug-likeness (QED) is 0.600. The van der Waals surface area contributed by atoms with Crippen LogP contribution in [-0.4, -0.2) is 62.0 Å². The van der Waals surface area contributed by atoms with Crippen LogP contribution in [0.25, 0.3) is 0 Å². The summed E-state index contributed by atoms with van der Waals surface area (Å²) in [6, 6.07) is 0.539. The Kier molecular flexibility index (Phi) is 4.31. The molecule has 4 heteroatoms. The van der Waals surface area contributed by atoms with E-state index in [1.54, 1.807) is 7.11 Å². The zero-order chi connectivity index (χ0) is 10.6. The van der Waals surface area contributed by atoms with Crippen LogP contribution in [0.2, 0.25) is 0 Å². The monoisotopic (exact) mass is 202 g/mol. The van der Waals surface area contributed by atoms with E-state index in [9.17, 15) is 5.11 Å². The predicted octanol–water partition coefficient (Wildman–Crippen LogP) is -0.322. The molecule has 0 aromatic rings. The van der Waals surface area contributed by atoms with Crippen LogP contribution in [0, 0.1) is 0 Å². The summed E-state index contributed by atoms with van der Waals surface area (Å²) < 4.78 is 4.99. The Labute approximate surface area is 86.2 Å². The number of nitrogens with one attached hydrogen (secondary N) is 1. The molecular weight excluding hydrogens is 180 g/mol. The normalized spacial score (nSPS) is 33.9. The van der Waals surface area contributed by atoms with E-state index in [0.717, 1.165) is 19.5 Å². The predicted molar refractivity (Wildman–Crippen MR) is 56.4 cm³/mol. The molecule has 1 fully saturated rings. The van der Waals surface area contributed by atoms with Crippen molar-refractivity contribution in [3.63, 3.8) is 0 Å². The van der Waals surface area contributed by atoms with Gasteiger partial charge in [-0.2, -0.15) is 0 Å². The third kappa shape index (κ3) is 2.67. The number of methoxy groups -OCH3 is 1. The first-order valence-electron chi connectivity index (χ1n) is 5.18. The number of ether oxygens (including phenoxy) is 1. The van der Waals surface area contributed by atoms with Crippen LogP contribution in [0.15, 0.2) is 0 Å². The highest BCUT2D eigenvalue weighted by Gasteiger charge is 2.39. The molecule has 0 aromatic heterocycles. The molecule has 1 saturated heterocycles. The van der Waals surface area contributed by atoms with Crippen molar-refractivity contribution in [3.05, 3.63) is 0 Å². The SMILES string of the molecule is COCCNC1(CO)CC(C)N(C)C1. The second-order valence-electron chi connectivity index (χ2n) is 4.33. The van der Waals surface area contributed by atoms with Crippen molar-refractivity contribution >= 4 is 0 Å². The lowest BCUT2D eigenvalue weighted by Crippen LogP contribution is -2.51. The molecule has 0 amide bonds. The molecule has 14 heavy (non-hydrogen) atoms. The van der Waals surface area contributed by atoms with E-state index in [1.807, 2.05) is 0 Å². The fraction of sp³-hybridized carbons (Fsp3) is 1.00. The minimum atomic E-state index is -0.118. The molecule has 4 nitrogen and oxygen atoms in total. The molecule has 1 aliphatic heterocycles. The van der Waals surface area contributed by atoms with Gasteiger partial charge < -0.3 is 20.1 Å². The third-order valence-electron chi connectivity index (χ3n) is 3.10. The Bertz CT molecular complexity index is 166. The standard InChI is InChI=1S/C10H22N2O2/c1-9-6-10(8-13,7-12(9)2)11-4-5-14-3/h9,11,13H,4-8H2,1-3H3. The lowest BCUT2D eigenvalue weighted by molar-refractivity contribution is 0.141. The number of rotatable bonds is 5. The maximum Gasteiger partial charge on any atom is 0.0626 e. The molecule has 0 aliphatic carbocycles. The average molecular weight is 202 g/mol. The summed E-state index contributed by atoms with van der Waals surface area (Å²) in [5.74, 6) is 0. The van der Waals surface area contributed by atoms with Crippen molar-refractivity contribution in [2.45, 2.75) is 24.9 Å². The topological polar surface area (TPSA) is 44.7 Å². The zero-order valence-corrected chi connectivity index (χ0v) is 9.42. The Hall–Kier alpha value is -0.160. The molecule has 1 heterocycles. The van der Waals surface area contributed by atoms with Gasteiger partial charge in [0.15, 0.2) is 0 Å². The van der Waals surface area contributed by atoms with Crippen molar-refractivity contribution in [2.75, 3.05) is 40.5 Å². The first kappa shape index (κ1) is 11.9. The van der Waals surface area contributed by atoms with Gasteiger partial charge in [0.1, 0.15) is 0 Å². The summed E-state index contributed by atoms with van der Waals surface area (Å²) in [4.78, 5) is 2.27. The molecule has 0 spiro atoms. The minimum absolute atomic E-state index is 0.118. The third-order valence-corrected chi connectivity index (χ3v) is 3.10. The highest BCUT2D eigenvalue weighted by molar-refractivity contribution is 4.99. The van der Waals surface area contributed by atoms with Gasteiger partial charge in [0, 0.05) is 26.2 Å². The fourth-order valence-electron chi connectivity index (χ4n) is 2.14. The van der Waals surface area contributed by atoms with Crippen molar-refractivity contribution in [2.24, 2.45) is 0 Å². The number of likely N-dealkylation sites (N-methyl/N-ethyl adjacent to an activating group) is 1. The van der Waals surface area contributed by atoms with Gasteiger partial charge in [0.05, 0.1) is 18.8 Å². The van der Waals surface area contributed by atoms with Gasteiger partial charge in [-0.15, -0.1) is 0 Å². The van der Waals surface area contributed by atoms with Crippen molar-refractivity contribution < 1.29 is 9.84 Å². The van der Waals surface area contributed by atoms with Crippen LogP contribution in [0.4, 0.5) is 0 Å². The molecular formula is C10H22N2O2. The first-order valence-corrected chi connectivity index (χ1v) is 5.18. The van der Waals surface area contributed by atoms with E-state index in [2.05, 4.69) is 24.2 Å². The van der Waals surface area contributed by atoms with Gasteiger partial charge in [0.2, 0.25) is 0 Å². The second kappa shape index (κ2) is 5.07. The van der Waals surface area contributed by atoms with E-state index >= 15 is 0 Å². The summed E-state index contributed by atoms with van der Waals surface area (Å²) in [5, 5.41) is 12.8. The molecule has 1 aliphatic rings. The molecule has 84 valence electrons. The fourth-order valence-corrected chi connectivity index (χ4v) is 2.14. The maximum absolute atomic E-state index is 9.42. The lowest BCUT2D eigenvalue weighted by Gasteiger charge is -2.28. The highest BCUT2D eigenvalue weighted by Crippen LogP contribution is 2.24. The van der Waals surface area contributed by atoms with Crippen LogP contribution in [0.1, 0.15) is 13.3 Å². The Morgan fingerprint density at radius 1 is 1.64 bits per heavy atom. The van der Waals surface area contributed by atoms with Crippen LogP contribution in [-0.2, 0) is 4.74 Å². The van der Waals surface area contributed by atoms with Crippen LogP contribution in [0.3, 0.4) is 0 Å². The molecule has 0 saturated carbocycles. The van der Waals surface area contributed by atoms with Gasteiger partial charge in [-0.1, -0.05) is 0 Å². The smallest absolute Gasteiger partial charge is 0.0626 e. The Balaban J connectivity index is 2.43. The number of hydrogen-bond acceptors (Lipinski definition) is 4. The summed E-state index contributed by atoms with van der Waals surface area (Å²) >= 11 is 0. The zero-order valence-electron chi connectivity index (χ0n) is 9.42. The number of aliphatic hydroxyl groups excluding tert-OH is 1. The van der Waals surface area contributed by atoms with Gasteiger partial charge in [0.25, 0.3) is 0 Å². The number of nitrogens with zero attached hydrogens (tertiary/aromatic N) is 1. The Morgan fingerprint density at radius 2 is 2.36 bits per heavy atom. The second-order valence-corrected chi connectivity index (χ2v) is 4.33. The van der Waals surface area contributed by atoms with Gasteiger partial charge in [-0.25, -0.2) is 0 Å². The largest absolute Gasteiger partial charge is 0.394 e. The number of hydrogen-bond donors (Lipinski definition) is 2. The van der Waals surface area contributed by atoms with Crippen LogP contribution in [0.5, 0.6) is 0 Å². The molecule has 2 N–H and O–H groups in total. The lowest BCUT2D eigenvalue weighted by atomic mass is 9.97. The van der Waals surface area contributed by atoms with Crippen LogP contribution < -0.4 is 5.32 Å². The van der Waals surface area contributed by atoms with Gasteiger partial charge >= 0.3 is 0 Å². The number of likely N-dealkylation sites (tertiary alicyclic amines) is 1. The Morgan fingerprint density at radius 3 is 2.79 bits per heavy atom. The first-order chi connectivity index (χ1) is 6.63. The maximum atomic E-state index is 9.42. The van der Waals surface area contributed by atoms with E-state index in [4.69, 9.17) is 4.74 Å². The highest BCUT2D eigenvalue weighted by atomic mass is 16.5. The molecule has 0 bridgehead atoms. The summed E-state index contributed by atoms with van der Waals surface area (Å²) in [6.07, 6.45) is 1.00. The van der Waals surface area contributed by atoms with Crippen molar-refractivity contribution in [3.8, 4) is 0 Å². The van der Waals surface area contributed by atoms with Crippen molar-refractivity contribution in [1.29, 1.82) is 0 Å². The molecule has 0 aromatic carbocycles. The average Bonchev–Trinajstić information content (AvgIpc) is 2.44. The van der Waals surface area contributed by atoms with Gasteiger partial charge in [-0.3, -0.25) is 0 Å². The molecule has 2 unspecified atom stereocenters. The number of aliphatic hydroxyl groups is 1. The molecule has 0 radical (unpaired) electrons. The van der Waals surface area contributed by atoms with Gasteiger partial charge in [-0.05, 0) is 20.4 Å². The van der Waals surface area contributed by atoms with E-state index in [-0.39, 0.29) is 12.1 Å². The minimum Gasteiger partial charge on any atom is -0.394 e.